The standard InChI is InChI=1S/C19H25N3/c1-13(11-20)12-22-18-10-15(3)14(2)9-17(18)21-19(22)16-7-5-4-6-8-16/h9-10,13,16H,4-8,12H2,1-3H3. The van der Waals surface area contributed by atoms with E-state index in [9.17, 15) is 5.26 Å². The summed E-state index contributed by atoms with van der Waals surface area (Å²) in [6.45, 7) is 7.05. The highest BCUT2D eigenvalue weighted by atomic mass is 15.1. The minimum atomic E-state index is 0.0151. The molecule has 1 aromatic heterocycles. The van der Waals surface area contributed by atoms with Crippen LogP contribution in [0.15, 0.2) is 12.1 Å². The quantitative estimate of drug-likeness (QED) is 0.811. The number of aryl methyl sites for hydroxylation is 2. The summed E-state index contributed by atoms with van der Waals surface area (Å²) < 4.78 is 2.33. The Bertz CT molecular complexity index is 714. The molecular weight excluding hydrogens is 270 g/mol. The predicted octanol–water partition coefficient (Wildman–Crippen LogP) is 4.86. The number of aromatic nitrogens is 2. The van der Waals surface area contributed by atoms with Crippen molar-refractivity contribution in [1.82, 2.24) is 9.55 Å². The van der Waals surface area contributed by atoms with Crippen molar-refractivity contribution < 1.29 is 0 Å². The minimum Gasteiger partial charge on any atom is -0.326 e. The maximum absolute atomic E-state index is 9.22. The third kappa shape index (κ3) is 2.75. The molecule has 0 spiro atoms. The Balaban J connectivity index is 2.12. The SMILES string of the molecule is Cc1cc2nc(C3CCCCC3)n(CC(C)C#N)c2cc1C. The van der Waals surface area contributed by atoms with Gasteiger partial charge in [-0.1, -0.05) is 19.3 Å². The molecule has 1 aliphatic carbocycles. The van der Waals surface area contributed by atoms with Crippen LogP contribution in [-0.2, 0) is 6.54 Å². The van der Waals surface area contributed by atoms with Crippen molar-refractivity contribution in [2.24, 2.45) is 5.92 Å². The summed E-state index contributed by atoms with van der Waals surface area (Å²) in [4.78, 5) is 4.98. The highest BCUT2D eigenvalue weighted by Crippen LogP contribution is 2.34. The molecule has 0 aliphatic heterocycles. The van der Waals surface area contributed by atoms with Gasteiger partial charge in [0.05, 0.1) is 23.0 Å². The molecule has 0 bridgehead atoms. The molecule has 1 unspecified atom stereocenters. The highest BCUT2D eigenvalue weighted by molar-refractivity contribution is 5.78. The Morgan fingerprint density at radius 3 is 2.59 bits per heavy atom. The van der Waals surface area contributed by atoms with E-state index >= 15 is 0 Å². The summed E-state index contributed by atoms with van der Waals surface area (Å²) in [6, 6.07) is 6.82. The topological polar surface area (TPSA) is 41.6 Å². The molecule has 3 nitrogen and oxygen atoms in total. The molecule has 116 valence electrons. The van der Waals surface area contributed by atoms with Gasteiger partial charge in [-0.3, -0.25) is 0 Å². The van der Waals surface area contributed by atoms with Crippen molar-refractivity contribution in [1.29, 1.82) is 5.26 Å². The molecule has 0 saturated heterocycles. The van der Waals surface area contributed by atoms with Crippen molar-refractivity contribution >= 4 is 11.0 Å². The van der Waals surface area contributed by atoms with E-state index in [0.29, 0.717) is 5.92 Å². The van der Waals surface area contributed by atoms with Gasteiger partial charge < -0.3 is 4.57 Å². The first-order valence-electron chi connectivity index (χ1n) is 8.47. The zero-order valence-electron chi connectivity index (χ0n) is 13.9. The predicted molar refractivity (Wildman–Crippen MR) is 89.8 cm³/mol. The van der Waals surface area contributed by atoms with Gasteiger partial charge in [0, 0.05) is 12.5 Å². The van der Waals surface area contributed by atoms with Crippen LogP contribution in [0.4, 0.5) is 0 Å². The lowest BCUT2D eigenvalue weighted by molar-refractivity contribution is 0.411. The van der Waals surface area contributed by atoms with Crippen LogP contribution in [0.25, 0.3) is 11.0 Å². The van der Waals surface area contributed by atoms with Crippen LogP contribution in [0.2, 0.25) is 0 Å². The fourth-order valence-corrected chi connectivity index (χ4v) is 3.58. The smallest absolute Gasteiger partial charge is 0.113 e. The van der Waals surface area contributed by atoms with Gasteiger partial charge in [0.1, 0.15) is 5.82 Å². The van der Waals surface area contributed by atoms with Gasteiger partial charge in [0.25, 0.3) is 0 Å². The molecule has 1 aromatic carbocycles. The summed E-state index contributed by atoms with van der Waals surface area (Å²) in [5, 5.41) is 9.22. The van der Waals surface area contributed by atoms with E-state index in [1.807, 2.05) is 6.92 Å². The molecule has 1 heterocycles. The average molecular weight is 295 g/mol. The lowest BCUT2D eigenvalue weighted by atomic mass is 9.88. The first-order chi connectivity index (χ1) is 10.6. The maximum Gasteiger partial charge on any atom is 0.113 e. The van der Waals surface area contributed by atoms with Crippen molar-refractivity contribution in [2.75, 3.05) is 0 Å². The number of nitriles is 1. The molecule has 0 radical (unpaired) electrons. The second kappa shape index (κ2) is 6.12. The highest BCUT2D eigenvalue weighted by Gasteiger charge is 2.23. The van der Waals surface area contributed by atoms with E-state index in [0.717, 1.165) is 12.1 Å². The number of nitrogens with zero attached hydrogens (tertiary/aromatic N) is 3. The Hall–Kier alpha value is -1.82. The zero-order chi connectivity index (χ0) is 15.7. The van der Waals surface area contributed by atoms with Crippen LogP contribution in [-0.4, -0.2) is 9.55 Å². The van der Waals surface area contributed by atoms with E-state index in [2.05, 4.69) is 36.6 Å². The monoisotopic (exact) mass is 295 g/mol. The molecule has 3 heteroatoms. The second-order valence-electron chi connectivity index (χ2n) is 6.87. The summed E-state index contributed by atoms with van der Waals surface area (Å²) in [5.74, 6) is 1.79. The summed E-state index contributed by atoms with van der Waals surface area (Å²) in [7, 11) is 0. The average Bonchev–Trinajstić information content (AvgIpc) is 2.86. The fourth-order valence-electron chi connectivity index (χ4n) is 3.58. The van der Waals surface area contributed by atoms with Crippen LogP contribution < -0.4 is 0 Å². The molecule has 1 atom stereocenters. The number of benzene rings is 1. The van der Waals surface area contributed by atoms with Gasteiger partial charge in [-0.2, -0.15) is 5.26 Å². The lowest BCUT2D eigenvalue weighted by Crippen LogP contribution is -2.15. The number of imidazole rings is 1. The molecule has 1 aliphatic rings. The number of hydrogen-bond donors (Lipinski definition) is 0. The van der Waals surface area contributed by atoms with Gasteiger partial charge in [0.2, 0.25) is 0 Å². The number of rotatable bonds is 3. The number of fused-ring (bicyclic) bond motifs is 1. The molecule has 0 amide bonds. The molecule has 22 heavy (non-hydrogen) atoms. The van der Waals surface area contributed by atoms with Gasteiger partial charge in [0.15, 0.2) is 0 Å². The Labute approximate surface area is 133 Å². The maximum atomic E-state index is 9.22. The Morgan fingerprint density at radius 1 is 1.23 bits per heavy atom. The van der Waals surface area contributed by atoms with E-state index < -0.39 is 0 Å². The molecule has 1 fully saturated rings. The van der Waals surface area contributed by atoms with Gasteiger partial charge in [-0.25, -0.2) is 4.98 Å². The van der Waals surface area contributed by atoms with Gasteiger partial charge in [-0.05, 0) is 56.9 Å². The van der Waals surface area contributed by atoms with Crippen LogP contribution in [0.1, 0.15) is 61.9 Å². The van der Waals surface area contributed by atoms with Crippen molar-refractivity contribution in [2.45, 2.75) is 65.3 Å². The second-order valence-corrected chi connectivity index (χ2v) is 6.87. The van der Waals surface area contributed by atoms with E-state index in [4.69, 9.17) is 4.98 Å². The molecular formula is C19H25N3. The normalized spacial score (nSPS) is 17.5. The van der Waals surface area contributed by atoms with Crippen LogP contribution in [0.3, 0.4) is 0 Å². The third-order valence-electron chi connectivity index (χ3n) is 5.04. The first-order valence-corrected chi connectivity index (χ1v) is 8.47. The Morgan fingerprint density at radius 2 is 1.91 bits per heavy atom. The molecule has 3 rings (SSSR count). The summed E-state index contributed by atoms with van der Waals surface area (Å²) in [6.07, 6.45) is 6.44. The van der Waals surface area contributed by atoms with Crippen molar-refractivity contribution in [3.63, 3.8) is 0 Å². The van der Waals surface area contributed by atoms with Crippen LogP contribution >= 0.6 is 0 Å². The minimum absolute atomic E-state index is 0.0151. The molecule has 0 N–H and O–H groups in total. The fraction of sp³-hybridized carbons (Fsp3) is 0.579. The lowest BCUT2D eigenvalue weighted by Gasteiger charge is -2.22. The zero-order valence-corrected chi connectivity index (χ0v) is 13.9. The Kier molecular flexibility index (Phi) is 4.20. The summed E-state index contributed by atoms with van der Waals surface area (Å²) >= 11 is 0. The van der Waals surface area contributed by atoms with Crippen LogP contribution in [0.5, 0.6) is 0 Å². The molecule has 2 aromatic rings. The largest absolute Gasteiger partial charge is 0.326 e. The first kappa shape index (κ1) is 15.1. The van der Waals surface area contributed by atoms with E-state index in [1.54, 1.807) is 0 Å². The van der Waals surface area contributed by atoms with Crippen molar-refractivity contribution in [3.05, 3.63) is 29.1 Å². The van der Waals surface area contributed by atoms with Gasteiger partial charge >= 0.3 is 0 Å². The van der Waals surface area contributed by atoms with E-state index in [1.165, 1.54) is 54.6 Å². The van der Waals surface area contributed by atoms with Crippen molar-refractivity contribution in [3.8, 4) is 6.07 Å². The third-order valence-corrected chi connectivity index (χ3v) is 5.04. The van der Waals surface area contributed by atoms with E-state index in [-0.39, 0.29) is 5.92 Å². The molecule has 1 saturated carbocycles. The van der Waals surface area contributed by atoms with Gasteiger partial charge in [-0.15, -0.1) is 0 Å². The van der Waals surface area contributed by atoms with Crippen LogP contribution in [0, 0.1) is 31.1 Å². The number of hydrogen-bond acceptors (Lipinski definition) is 2. The summed E-state index contributed by atoms with van der Waals surface area (Å²) in [5.41, 5.74) is 4.88.